The van der Waals surface area contributed by atoms with Crippen LogP contribution in [-0.4, -0.2) is 52.2 Å². The van der Waals surface area contributed by atoms with Gasteiger partial charge in [0, 0.05) is 19.5 Å². The van der Waals surface area contributed by atoms with E-state index in [9.17, 15) is 4.79 Å². The third-order valence-corrected chi connectivity index (χ3v) is 3.23. The Bertz CT molecular complexity index is 383. The predicted octanol–water partition coefficient (Wildman–Crippen LogP) is 0.191. The number of nitrogens with zero attached hydrogens (tertiary/aromatic N) is 3. The van der Waals surface area contributed by atoms with E-state index in [2.05, 4.69) is 20.5 Å². The molecule has 1 aliphatic heterocycles. The van der Waals surface area contributed by atoms with Crippen LogP contribution in [0.5, 0.6) is 0 Å². The number of aromatic nitrogens is 3. The molecule has 1 aromatic rings. The Labute approximate surface area is 101 Å². The van der Waals surface area contributed by atoms with Crippen LogP contribution in [0.2, 0.25) is 0 Å². The van der Waals surface area contributed by atoms with Crippen molar-refractivity contribution in [1.29, 1.82) is 0 Å². The number of aryl methyl sites for hydroxylation is 1. The first-order valence-electron chi connectivity index (χ1n) is 6.11. The van der Waals surface area contributed by atoms with Gasteiger partial charge in [-0.1, -0.05) is 6.92 Å². The maximum Gasteiger partial charge on any atom is 0.293 e. The zero-order valence-electron chi connectivity index (χ0n) is 10.4. The maximum absolute atomic E-state index is 12.1. The zero-order valence-corrected chi connectivity index (χ0v) is 10.4. The first-order valence-corrected chi connectivity index (χ1v) is 6.11. The fourth-order valence-corrected chi connectivity index (χ4v) is 2.07. The van der Waals surface area contributed by atoms with Gasteiger partial charge in [0.05, 0.1) is 0 Å². The molecule has 17 heavy (non-hydrogen) atoms. The van der Waals surface area contributed by atoms with E-state index in [1.807, 2.05) is 14.0 Å². The standard InChI is InChI=1S/C11H19N5O/c1-3-9-13-10(15-14-9)11(17)16(2)8-4-6-12-7-5-8/h8,12H,3-7H2,1-2H3,(H,13,14,15). The Morgan fingerprint density at radius 2 is 2.18 bits per heavy atom. The molecule has 6 heteroatoms. The fourth-order valence-electron chi connectivity index (χ4n) is 2.07. The molecular formula is C11H19N5O. The quantitative estimate of drug-likeness (QED) is 0.787. The van der Waals surface area contributed by atoms with Gasteiger partial charge in [-0.05, 0) is 25.9 Å². The van der Waals surface area contributed by atoms with Gasteiger partial charge >= 0.3 is 0 Å². The van der Waals surface area contributed by atoms with Gasteiger partial charge in [0.15, 0.2) is 0 Å². The number of H-pyrrole nitrogens is 1. The lowest BCUT2D eigenvalue weighted by Crippen LogP contribution is -2.44. The Morgan fingerprint density at radius 3 is 2.76 bits per heavy atom. The molecule has 1 aliphatic rings. The Hall–Kier alpha value is -1.43. The molecule has 0 aliphatic carbocycles. The summed E-state index contributed by atoms with van der Waals surface area (Å²) in [5.74, 6) is 0.947. The normalized spacial score (nSPS) is 17.1. The van der Waals surface area contributed by atoms with Crippen LogP contribution in [0.3, 0.4) is 0 Å². The van der Waals surface area contributed by atoms with Crippen LogP contribution in [0.15, 0.2) is 0 Å². The van der Waals surface area contributed by atoms with Crippen LogP contribution in [0.25, 0.3) is 0 Å². The molecule has 0 aromatic carbocycles. The van der Waals surface area contributed by atoms with Gasteiger partial charge in [-0.3, -0.25) is 9.89 Å². The lowest BCUT2D eigenvalue weighted by molar-refractivity contribution is 0.0691. The van der Waals surface area contributed by atoms with Crippen LogP contribution in [0, 0.1) is 0 Å². The zero-order chi connectivity index (χ0) is 12.3. The number of hydrogen-bond donors (Lipinski definition) is 2. The molecule has 94 valence electrons. The van der Waals surface area contributed by atoms with E-state index in [1.54, 1.807) is 4.90 Å². The van der Waals surface area contributed by atoms with Crippen molar-refractivity contribution in [2.24, 2.45) is 0 Å². The molecule has 2 rings (SSSR count). The lowest BCUT2D eigenvalue weighted by Gasteiger charge is -2.30. The maximum atomic E-state index is 12.1. The number of rotatable bonds is 3. The molecule has 6 nitrogen and oxygen atoms in total. The van der Waals surface area contributed by atoms with E-state index >= 15 is 0 Å². The summed E-state index contributed by atoms with van der Waals surface area (Å²) in [7, 11) is 1.83. The van der Waals surface area contributed by atoms with E-state index in [0.717, 1.165) is 38.2 Å². The molecule has 1 amide bonds. The van der Waals surface area contributed by atoms with Gasteiger partial charge in [0.2, 0.25) is 5.82 Å². The van der Waals surface area contributed by atoms with Crippen molar-refractivity contribution in [3.63, 3.8) is 0 Å². The molecule has 0 bridgehead atoms. The van der Waals surface area contributed by atoms with Crippen molar-refractivity contribution >= 4 is 5.91 Å². The molecule has 2 N–H and O–H groups in total. The summed E-state index contributed by atoms with van der Waals surface area (Å²) < 4.78 is 0. The SMILES string of the molecule is CCc1nc(C(=O)N(C)C2CCNCC2)n[nH]1. The molecule has 1 aromatic heterocycles. The molecular weight excluding hydrogens is 218 g/mol. The van der Waals surface area contributed by atoms with Crippen molar-refractivity contribution in [2.45, 2.75) is 32.2 Å². The van der Waals surface area contributed by atoms with Crippen molar-refractivity contribution in [3.8, 4) is 0 Å². The molecule has 2 heterocycles. The molecule has 0 saturated carbocycles. The highest BCUT2D eigenvalue weighted by atomic mass is 16.2. The van der Waals surface area contributed by atoms with Crippen molar-refractivity contribution in [3.05, 3.63) is 11.6 Å². The highest BCUT2D eigenvalue weighted by molar-refractivity contribution is 5.90. The average Bonchev–Trinajstić information content (AvgIpc) is 2.87. The second-order valence-electron chi connectivity index (χ2n) is 4.36. The van der Waals surface area contributed by atoms with Crippen LogP contribution in [0.1, 0.15) is 36.2 Å². The minimum absolute atomic E-state index is 0.0900. The van der Waals surface area contributed by atoms with Gasteiger partial charge in [-0.25, -0.2) is 4.98 Å². The summed E-state index contributed by atoms with van der Waals surface area (Å²) in [5.41, 5.74) is 0. The number of hydrogen-bond acceptors (Lipinski definition) is 4. The summed E-state index contributed by atoms with van der Waals surface area (Å²) in [6.45, 7) is 3.91. The number of amides is 1. The second-order valence-corrected chi connectivity index (χ2v) is 4.36. The van der Waals surface area contributed by atoms with Gasteiger partial charge in [-0.15, -0.1) is 5.10 Å². The van der Waals surface area contributed by atoms with Gasteiger partial charge < -0.3 is 10.2 Å². The smallest absolute Gasteiger partial charge is 0.293 e. The number of piperidine rings is 1. The Balaban J connectivity index is 2.02. The number of carbonyl (C=O) groups excluding carboxylic acids is 1. The molecule has 0 atom stereocenters. The highest BCUT2D eigenvalue weighted by Crippen LogP contribution is 2.12. The minimum Gasteiger partial charge on any atom is -0.336 e. The predicted molar refractivity (Wildman–Crippen MR) is 63.7 cm³/mol. The third kappa shape index (κ3) is 2.63. The molecule has 1 fully saturated rings. The summed E-state index contributed by atoms with van der Waals surface area (Å²) in [5, 5.41) is 10.0. The summed E-state index contributed by atoms with van der Waals surface area (Å²) in [4.78, 5) is 18.1. The van der Waals surface area contributed by atoms with Crippen molar-refractivity contribution < 1.29 is 4.79 Å². The second kappa shape index (κ2) is 5.27. The number of nitrogens with one attached hydrogen (secondary N) is 2. The first kappa shape index (κ1) is 12.0. The molecule has 1 saturated heterocycles. The Kier molecular flexibility index (Phi) is 3.73. The van der Waals surface area contributed by atoms with E-state index in [-0.39, 0.29) is 11.7 Å². The van der Waals surface area contributed by atoms with Crippen LogP contribution < -0.4 is 5.32 Å². The first-order chi connectivity index (χ1) is 8.22. The molecule has 0 radical (unpaired) electrons. The number of carbonyl (C=O) groups is 1. The fraction of sp³-hybridized carbons (Fsp3) is 0.727. The largest absolute Gasteiger partial charge is 0.336 e. The Morgan fingerprint density at radius 1 is 1.47 bits per heavy atom. The van der Waals surface area contributed by atoms with Gasteiger partial charge in [0.1, 0.15) is 5.82 Å². The van der Waals surface area contributed by atoms with E-state index in [1.165, 1.54) is 0 Å². The average molecular weight is 237 g/mol. The van der Waals surface area contributed by atoms with Crippen LogP contribution >= 0.6 is 0 Å². The molecule has 0 spiro atoms. The van der Waals surface area contributed by atoms with Crippen molar-refractivity contribution in [1.82, 2.24) is 25.4 Å². The molecule has 0 unspecified atom stereocenters. The highest BCUT2D eigenvalue weighted by Gasteiger charge is 2.25. The van der Waals surface area contributed by atoms with Gasteiger partial charge in [-0.2, -0.15) is 0 Å². The summed E-state index contributed by atoms with van der Waals surface area (Å²) >= 11 is 0. The topological polar surface area (TPSA) is 73.9 Å². The summed E-state index contributed by atoms with van der Waals surface area (Å²) in [6.07, 6.45) is 2.75. The summed E-state index contributed by atoms with van der Waals surface area (Å²) in [6, 6.07) is 0.298. The number of aromatic amines is 1. The van der Waals surface area contributed by atoms with Crippen LogP contribution in [0.4, 0.5) is 0 Å². The van der Waals surface area contributed by atoms with Crippen LogP contribution in [-0.2, 0) is 6.42 Å². The van der Waals surface area contributed by atoms with E-state index < -0.39 is 0 Å². The van der Waals surface area contributed by atoms with Gasteiger partial charge in [0.25, 0.3) is 5.91 Å². The minimum atomic E-state index is -0.0900. The lowest BCUT2D eigenvalue weighted by atomic mass is 10.1. The third-order valence-electron chi connectivity index (χ3n) is 3.23. The monoisotopic (exact) mass is 237 g/mol. The van der Waals surface area contributed by atoms with E-state index in [4.69, 9.17) is 0 Å². The van der Waals surface area contributed by atoms with Crippen molar-refractivity contribution in [2.75, 3.05) is 20.1 Å². The van der Waals surface area contributed by atoms with E-state index in [0.29, 0.717) is 6.04 Å².